The van der Waals surface area contributed by atoms with Gasteiger partial charge in [-0.3, -0.25) is 0 Å². The van der Waals surface area contributed by atoms with Gasteiger partial charge < -0.3 is 5.32 Å². The van der Waals surface area contributed by atoms with Crippen molar-refractivity contribution in [1.82, 2.24) is 10.0 Å². The SMILES string of the molecule is CC1CNCCC1NS(=O)(=O)c1c(F)cc(F)cc1F.Cl. The average molecular weight is 345 g/mol. The number of piperidine rings is 1. The highest BCUT2D eigenvalue weighted by Crippen LogP contribution is 2.22. The largest absolute Gasteiger partial charge is 0.316 e. The molecule has 1 heterocycles. The Balaban J connectivity index is 0.00000220. The molecule has 120 valence electrons. The molecular weight excluding hydrogens is 329 g/mol. The van der Waals surface area contributed by atoms with E-state index in [4.69, 9.17) is 0 Å². The van der Waals surface area contributed by atoms with Gasteiger partial charge in [0.1, 0.15) is 17.5 Å². The molecule has 9 heteroatoms. The van der Waals surface area contributed by atoms with Crippen LogP contribution in [0.4, 0.5) is 13.2 Å². The van der Waals surface area contributed by atoms with Crippen molar-refractivity contribution in [2.24, 2.45) is 5.92 Å². The quantitative estimate of drug-likeness (QED) is 0.879. The Labute approximate surface area is 127 Å². The molecule has 0 aliphatic carbocycles. The maximum Gasteiger partial charge on any atom is 0.246 e. The molecule has 0 aromatic heterocycles. The predicted octanol–water partition coefficient (Wildman–Crippen LogP) is 1.80. The van der Waals surface area contributed by atoms with Crippen molar-refractivity contribution in [3.05, 3.63) is 29.6 Å². The van der Waals surface area contributed by atoms with E-state index in [-0.39, 0.29) is 18.3 Å². The Morgan fingerprint density at radius 1 is 1.24 bits per heavy atom. The van der Waals surface area contributed by atoms with Gasteiger partial charge in [0.15, 0.2) is 4.90 Å². The summed E-state index contributed by atoms with van der Waals surface area (Å²) >= 11 is 0. The lowest BCUT2D eigenvalue weighted by molar-refractivity contribution is 0.327. The number of nitrogens with one attached hydrogen (secondary N) is 2. The summed E-state index contributed by atoms with van der Waals surface area (Å²) < 4.78 is 66.3. The van der Waals surface area contributed by atoms with Gasteiger partial charge in [0, 0.05) is 18.2 Å². The fraction of sp³-hybridized carbons (Fsp3) is 0.500. The zero-order valence-corrected chi connectivity index (χ0v) is 12.8. The molecule has 0 amide bonds. The van der Waals surface area contributed by atoms with Crippen LogP contribution in [-0.2, 0) is 10.0 Å². The molecule has 1 aliphatic heterocycles. The molecule has 2 atom stereocenters. The maximum atomic E-state index is 13.5. The van der Waals surface area contributed by atoms with E-state index in [1.807, 2.05) is 6.92 Å². The van der Waals surface area contributed by atoms with Gasteiger partial charge in [0.05, 0.1) is 0 Å². The summed E-state index contributed by atoms with van der Waals surface area (Å²) in [7, 11) is -4.37. The van der Waals surface area contributed by atoms with Crippen molar-refractivity contribution in [2.75, 3.05) is 13.1 Å². The topological polar surface area (TPSA) is 58.2 Å². The normalized spacial score (nSPS) is 22.7. The third-order valence-corrected chi connectivity index (χ3v) is 4.86. The Morgan fingerprint density at radius 3 is 2.33 bits per heavy atom. The fourth-order valence-corrected chi connectivity index (χ4v) is 3.73. The van der Waals surface area contributed by atoms with Crippen molar-refractivity contribution in [1.29, 1.82) is 0 Å². The molecule has 2 N–H and O–H groups in total. The van der Waals surface area contributed by atoms with Crippen LogP contribution >= 0.6 is 12.4 Å². The lowest BCUT2D eigenvalue weighted by atomic mass is 9.97. The third kappa shape index (κ3) is 4.09. The Hall–Kier alpha value is -0.830. The number of sulfonamides is 1. The summed E-state index contributed by atoms with van der Waals surface area (Å²) in [4.78, 5) is -1.13. The van der Waals surface area contributed by atoms with Crippen LogP contribution in [0.25, 0.3) is 0 Å². The fourth-order valence-electron chi connectivity index (χ4n) is 2.23. The first-order valence-corrected chi connectivity index (χ1v) is 7.67. The zero-order chi connectivity index (χ0) is 14.9. The first kappa shape index (κ1) is 18.2. The molecule has 4 nitrogen and oxygen atoms in total. The first-order valence-electron chi connectivity index (χ1n) is 6.19. The van der Waals surface area contributed by atoms with Crippen LogP contribution in [0.3, 0.4) is 0 Å². The molecule has 0 bridgehead atoms. The van der Waals surface area contributed by atoms with Crippen molar-refractivity contribution >= 4 is 22.4 Å². The van der Waals surface area contributed by atoms with E-state index in [2.05, 4.69) is 10.0 Å². The van der Waals surface area contributed by atoms with E-state index in [0.717, 1.165) is 0 Å². The van der Waals surface area contributed by atoms with Crippen LogP contribution in [-0.4, -0.2) is 27.5 Å². The number of hydrogen-bond donors (Lipinski definition) is 2. The second-order valence-corrected chi connectivity index (χ2v) is 6.55. The van der Waals surface area contributed by atoms with Gasteiger partial charge in [-0.2, -0.15) is 0 Å². The summed E-state index contributed by atoms with van der Waals surface area (Å²) in [5, 5.41) is 3.09. The second kappa shape index (κ2) is 6.95. The monoisotopic (exact) mass is 344 g/mol. The highest BCUT2D eigenvalue weighted by molar-refractivity contribution is 7.89. The van der Waals surface area contributed by atoms with Crippen molar-refractivity contribution in [2.45, 2.75) is 24.3 Å². The van der Waals surface area contributed by atoms with Gasteiger partial charge in [-0.15, -0.1) is 12.4 Å². The third-order valence-electron chi connectivity index (χ3n) is 3.32. The van der Waals surface area contributed by atoms with Crippen LogP contribution in [0.1, 0.15) is 13.3 Å². The molecule has 1 fully saturated rings. The molecule has 21 heavy (non-hydrogen) atoms. The predicted molar refractivity (Wildman–Crippen MR) is 74.3 cm³/mol. The molecule has 0 spiro atoms. The van der Waals surface area contributed by atoms with E-state index in [1.54, 1.807) is 0 Å². The smallest absolute Gasteiger partial charge is 0.246 e. The molecule has 2 unspecified atom stereocenters. The molecule has 1 aromatic carbocycles. The highest BCUT2D eigenvalue weighted by Gasteiger charge is 2.30. The summed E-state index contributed by atoms with van der Waals surface area (Å²) in [5.41, 5.74) is 0. The Kier molecular flexibility index (Phi) is 6.03. The summed E-state index contributed by atoms with van der Waals surface area (Å²) in [6, 6.07) is 0.289. The minimum Gasteiger partial charge on any atom is -0.316 e. The summed E-state index contributed by atoms with van der Waals surface area (Å²) in [6.07, 6.45) is 0.519. The number of rotatable bonds is 3. The van der Waals surface area contributed by atoms with E-state index in [9.17, 15) is 21.6 Å². The van der Waals surface area contributed by atoms with Crippen molar-refractivity contribution in [3.8, 4) is 0 Å². The van der Waals surface area contributed by atoms with Gasteiger partial charge in [-0.25, -0.2) is 26.3 Å². The van der Waals surface area contributed by atoms with Gasteiger partial charge in [0.25, 0.3) is 0 Å². The minimum absolute atomic E-state index is 0. The standard InChI is InChI=1S/C12H15F3N2O2S.ClH/c1-7-6-16-3-2-11(7)17-20(18,19)12-9(14)4-8(13)5-10(12)15;/h4-5,7,11,16-17H,2-3,6H2,1H3;1H. The molecule has 1 saturated heterocycles. The molecule has 1 aliphatic rings. The molecule has 0 radical (unpaired) electrons. The molecular formula is C12H16ClF3N2O2S. The number of halogens is 4. The molecule has 2 rings (SSSR count). The maximum absolute atomic E-state index is 13.5. The van der Waals surface area contributed by atoms with Crippen molar-refractivity contribution < 1.29 is 21.6 Å². The van der Waals surface area contributed by atoms with E-state index >= 15 is 0 Å². The van der Waals surface area contributed by atoms with Crippen LogP contribution in [0.15, 0.2) is 17.0 Å². The van der Waals surface area contributed by atoms with Gasteiger partial charge in [0.2, 0.25) is 10.0 Å². The van der Waals surface area contributed by atoms with E-state index < -0.39 is 38.4 Å². The summed E-state index contributed by atoms with van der Waals surface area (Å²) in [6.45, 7) is 3.06. The lowest BCUT2D eigenvalue weighted by Gasteiger charge is -2.30. The van der Waals surface area contributed by atoms with Crippen molar-refractivity contribution in [3.63, 3.8) is 0 Å². The second-order valence-electron chi connectivity index (χ2n) is 4.90. The Morgan fingerprint density at radius 2 is 1.81 bits per heavy atom. The van der Waals surface area contributed by atoms with Crippen LogP contribution in [0.5, 0.6) is 0 Å². The minimum atomic E-state index is -4.37. The first-order chi connectivity index (χ1) is 9.31. The molecule has 1 aromatic rings. The summed E-state index contributed by atoms with van der Waals surface area (Å²) in [5.74, 6) is -4.03. The molecule has 0 saturated carbocycles. The Bertz CT molecular complexity index is 590. The number of benzene rings is 1. The number of hydrogen-bond acceptors (Lipinski definition) is 3. The van der Waals surface area contributed by atoms with E-state index in [0.29, 0.717) is 31.6 Å². The highest BCUT2D eigenvalue weighted by atomic mass is 35.5. The van der Waals surface area contributed by atoms with Gasteiger partial charge in [-0.05, 0) is 25.4 Å². The van der Waals surface area contributed by atoms with Gasteiger partial charge in [-0.1, -0.05) is 6.92 Å². The van der Waals surface area contributed by atoms with E-state index in [1.165, 1.54) is 0 Å². The lowest BCUT2D eigenvalue weighted by Crippen LogP contribution is -2.48. The van der Waals surface area contributed by atoms with Crippen LogP contribution in [0, 0.1) is 23.4 Å². The van der Waals surface area contributed by atoms with Gasteiger partial charge >= 0.3 is 0 Å². The average Bonchev–Trinajstić information content (AvgIpc) is 2.30. The van der Waals surface area contributed by atoms with Crippen LogP contribution < -0.4 is 10.0 Å². The van der Waals surface area contributed by atoms with Crippen LogP contribution in [0.2, 0.25) is 0 Å². The zero-order valence-electron chi connectivity index (χ0n) is 11.2.